The van der Waals surface area contributed by atoms with Crippen LogP contribution in [0.3, 0.4) is 0 Å². The zero-order chi connectivity index (χ0) is 19.7. The minimum absolute atomic E-state index is 0.0900. The van der Waals surface area contributed by atoms with Gasteiger partial charge in [-0.3, -0.25) is 14.0 Å². The molecule has 5 nitrogen and oxygen atoms in total. The molecular weight excluding hydrogens is 370 g/mol. The van der Waals surface area contributed by atoms with E-state index in [2.05, 4.69) is 11.9 Å². The third kappa shape index (κ3) is 3.20. The number of anilines is 1. The molecule has 0 atom stereocenters. The van der Waals surface area contributed by atoms with Crippen LogP contribution < -0.4 is 10.5 Å². The summed E-state index contributed by atoms with van der Waals surface area (Å²) in [6.07, 6.45) is 3.62. The maximum atomic E-state index is 13.3. The summed E-state index contributed by atoms with van der Waals surface area (Å²) in [6.45, 7) is 4.67. The molecular formula is C22H21N3O2S. The second kappa shape index (κ2) is 7.56. The fourth-order valence-corrected chi connectivity index (χ4v) is 4.24. The molecule has 0 saturated heterocycles. The first-order valence-corrected chi connectivity index (χ1v) is 10.2. The first-order valence-electron chi connectivity index (χ1n) is 9.38. The summed E-state index contributed by atoms with van der Waals surface area (Å²) in [4.78, 5) is 33.8. The number of carbonyl (C=O) groups excluding carboxylic acids is 1. The van der Waals surface area contributed by atoms with E-state index in [1.54, 1.807) is 21.6 Å². The molecule has 6 heteroatoms. The Balaban J connectivity index is 1.82. The molecule has 4 rings (SSSR count). The van der Waals surface area contributed by atoms with Gasteiger partial charge in [-0.05, 0) is 43.2 Å². The first kappa shape index (κ1) is 18.4. The van der Waals surface area contributed by atoms with Crippen LogP contribution in [-0.2, 0) is 0 Å². The molecule has 1 aromatic carbocycles. The Kier molecular flexibility index (Phi) is 4.96. The third-order valence-corrected chi connectivity index (χ3v) is 5.81. The van der Waals surface area contributed by atoms with Crippen LogP contribution in [0, 0.1) is 6.92 Å². The molecule has 0 N–H and O–H groups in total. The highest BCUT2D eigenvalue weighted by Crippen LogP contribution is 2.26. The van der Waals surface area contributed by atoms with E-state index in [1.807, 2.05) is 49.4 Å². The van der Waals surface area contributed by atoms with E-state index in [0.717, 1.165) is 24.1 Å². The van der Waals surface area contributed by atoms with Crippen molar-refractivity contribution in [2.75, 3.05) is 11.4 Å². The van der Waals surface area contributed by atoms with Crippen molar-refractivity contribution in [1.29, 1.82) is 0 Å². The maximum absolute atomic E-state index is 13.3. The molecule has 0 spiro atoms. The normalized spacial score (nSPS) is 11.2. The molecule has 0 aliphatic heterocycles. The molecule has 3 aromatic heterocycles. The molecule has 1 amide bonds. The number of unbranched alkanes of at least 4 members (excludes halogenated alkanes) is 1. The zero-order valence-electron chi connectivity index (χ0n) is 15.9. The molecule has 0 unspecified atom stereocenters. The molecule has 0 aliphatic rings. The number of benzene rings is 1. The summed E-state index contributed by atoms with van der Waals surface area (Å²) in [7, 11) is 0. The number of aryl methyl sites for hydroxylation is 1. The van der Waals surface area contributed by atoms with Gasteiger partial charge in [0.2, 0.25) is 0 Å². The minimum Gasteiger partial charge on any atom is -0.308 e. The Morgan fingerprint density at radius 3 is 2.71 bits per heavy atom. The standard InChI is InChI=1S/C22H21N3O2S/c1-3-4-12-24(16-10-6-5-7-11-16)22(27)18-14-17-20(28-18)23-19-15(2)9-8-13-25(19)21(17)26/h5-11,13-14H,3-4,12H2,1-2H3. The lowest BCUT2D eigenvalue weighted by Crippen LogP contribution is -2.31. The van der Waals surface area contributed by atoms with Gasteiger partial charge >= 0.3 is 0 Å². The van der Waals surface area contributed by atoms with Gasteiger partial charge in [-0.15, -0.1) is 11.3 Å². The van der Waals surface area contributed by atoms with Crippen LogP contribution in [-0.4, -0.2) is 21.8 Å². The molecule has 3 heterocycles. The predicted octanol–water partition coefficient (Wildman–Crippen LogP) is 4.66. The van der Waals surface area contributed by atoms with Gasteiger partial charge in [0.1, 0.15) is 10.5 Å². The van der Waals surface area contributed by atoms with E-state index in [4.69, 9.17) is 0 Å². The van der Waals surface area contributed by atoms with Crippen molar-refractivity contribution in [3.05, 3.63) is 75.5 Å². The van der Waals surface area contributed by atoms with Crippen LogP contribution in [0.25, 0.3) is 15.9 Å². The summed E-state index contributed by atoms with van der Waals surface area (Å²) < 4.78 is 1.55. The van der Waals surface area contributed by atoms with Gasteiger partial charge in [0.25, 0.3) is 11.5 Å². The number of hydrogen-bond acceptors (Lipinski definition) is 4. The fraction of sp³-hybridized carbons (Fsp3) is 0.227. The van der Waals surface area contributed by atoms with Crippen LogP contribution in [0.15, 0.2) is 59.5 Å². The number of para-hydroxylation sites is 1. The van der Waals surface area contributed by atoms with E-state index < -0.39 is 0 Å². The smallest absolute Gasteiger partial charge is 0.268 e. The Labute approximate surface area is 166 Å². The highest BCUT2D eigenvalue weighted by Gasteiger charge is 2.21. The summed E-state index contributed by atoms with van der Waals surface area (Å²) in [5.74, 6) is -0.0900. The Hall–Kier alpha value is -2.99. The predicted molar refractivity (Wildman–Crippen MR) is 115 cm³/mol. The quantitative estimate of drug-likeness (QED) is 0.497. The van der Waals surface area contributed by atoms with Crippen molar-refractivity contribution >= 4 is 38.8 Å². The average Bonchev–Trinajstić information content (AvgIpc) is 3.15. The van der Waals surface area contributed by atoms with Crippen molar-refractivity contribution in [3.8, 4) is 0 Å². The number of pyridine rings is 1. The van der Waals surface area contributed by atoms with Crippen LogP contribution in [0.5, 0.6) is 0 Å². The molecule has 0 radical (unpaired) electrons. The number of hydrogen-bond donors (Lipinski definition) is 0. The monoisotopic (exact) mass is 391 g/mol. The van der Waals surface area contributed by atoms with E-state index >= 15 is 0 Å². The average molecular weight is 391 g/mol. The van der Waals surface area contributed by atoms with E-state index in [1.165, 1.54) is 11.3 Å². The highest BCUT2D eigenvalue weighted by atomic mass is 32.1. The molecule has 0 aliphatic carbocycles. The molecule has 28 heavy (non-hydrogen) atoms. The zero-order valence-corrected chi connectivity index (χ0v) is 16.7. The second-order valence-corrected chi connectivity index (χ2v) is 7.81. The number of nitrogens with zero attached hydrogens (tertiary/aromatic N) is 3. The van der Waals surface area contributed by atoms with Crippen molar-refractivity contribution in [2.24, 2.45) is 0 Å². The molecule has 142 valence electrons. The number of amides is 1. The van der Waals surface area contributed by atoms with Crippen LogP contribution in [0.1, 0.15) is 35.0 Å². The molecule has 0 saturated carbocycles. The van der Waals surface area contributed by atoms with E-state index in [-0.39, 0.29) is 11.5 Å². The van der Waals surface area contributed by atoms with Gasteiger partial charge in [-0.25, -0.2) is 4.98 Å². The fourth-order valence-electron chi connectivity index (χ4n) is 3.27. The Morgan fingerprint density at radius 1 is 1.18 bits per heavy atom. The lowest BCUT2D eigenvalue weighted by Gasteiger charge is -2.22. The lowest BCUT2D eigenvalue weighted by molar-refractivity contribution is 0.0990. The van der Waals surface area contributed by atoms with Gasteiger partial charge in [0.15, 0.2) is 0 Å². The summed E-state index contributed by atoms with van der Waals surface area (Å²) >= 11 is 1.28. The maximum Gasteiger partial charge on any atom is 0.268 e. The first-order chi connectivity index (χ1) is 13.6. The minimum atomic E-state index is -0.140. The topological polar surface area (TPSA) is 54.7 Å². The van der Waals surface area contributed by atoms with Gasteiger partial charge in [0.05, 0.1) is 10.3 Å². The van der Waals surface area contributed by atoms with Gasteiger partial charge in [-0.1, -0.05) is 37.6 Å². The molecule has 4 aromatic rings. The van der Waals surface area contributed by atoms with Crippen LogP contribution in [0.2, 0.25) is 0 Å². The second-order valence-electron chi connectivity index (χ2n) is 6.78. The Bertz CT molecular complexity index is 1210. The number of thiophene rings is 1. The summed E-state index contributed by atoms with van der Waals surface area (Å²) in [5, 5.41) is 0.486. The van der Waals surface area contributed by atoms with Crippen LogP contribution in [0.4, 0.5) is 5.69 Å². The molecule has 0 bridgehead atoms. The van der Waals surface area contributed by atoms with Gasteiger partial charge in [-0.2, -0.15) is 0 Å². The highest BCUT2D eigenvalue weighted by molar-refractivity contribution is 7.20. The van der Waals surface area contributed by atoms with E-state index in [0.29, 0.717) is 27.3 Å². The number of carbonyl (C=O) groups is 1. The lowest BCUT2D eigenvalue weighted by atomic mass is 10.2. The SMILES string of the molecule is CCCCN(C(=O)c1cc2c(=O)n3cccc(C)c3nc2s1)c1ccccc1. The van der Waals surface area contributed by atoms with Crippen molar-refractivity contribution in [3.63, 3.8) is 0 Å². The van der Waals surface area contributed by atoms with Crippen molar-refractivity contribution < 1.29 is 4.79 Å². The number of fused-ring (bicyclic) bond motifs is 2. The van der Waals surface area contributed by atoms with Crippen molar-refractivity contribution in [2.45, 2.75) is 26.7 Å². The number of rotatable bonds is 5. The summed E-state index contributed by atoms with van der Waals surface area (Å²) in [6, 6.07) is 15.1. The van der Waals surface area contributed by atoms with Gasteiger partial charge in [0, 0.05) is 18.4 Å². The largest absolute Gasteiger partial charge is 0.308 e. The van der Waals surface area contributed by atoms with E-state index in [9.17, 15) is 9.59 Å². The summed E-state index contributed by atoms with van der Waals surface area (Å²) in [5.41, 5.74) is 2.28. The van der Waals surface area contributed by atoms with Crippen molar-refractivity contribution in [1.82, 2.24) is 9.38 Å². The number of aromatic nitrogens is 2. The molecule has 0 fully saturated rings. The van der Waals surface area contributed by atoms with Gasteiger partial charge < -0.3 is 4.90 Å². The van der Waals surface area contributed by atoms with Crippen LogP contribution >= 0.6 is 11.3 Å². The third-order valence-electron chi connectivity index (χ3n) is 4.79. The Morgan fingerprint density at radius 2 is 1.96 bits per heavy atom.